The van der Waals surface area contributed by atoms with Crippen molar-refractivity contribution in [1.82, 2.24) is 5.06 Å². The van der Waals surface area contributed by atoms with Crippen LogP contribution in [0.15, 0.2) is 0 Å². The number of nitrogens with zero attached hydrogens (tertiary/aromatic N) is 1. The third-order valence-electron chi connectivity index (χ3n) is 2.73. The molecule has 92 valence electrons. The Morgan fingerprint density at radius 2 is 1.73 bits per heavy atom. The summed E-state index contributed by atoms with van der Waals surface area (Å²) in [5.41, 5.74) is 0.390. The van der Waals surface area contributed by atoms with Gasteiger partial charge in [0, 0.05) is 36.5 Å². The van der Waals surface area contributed by atoms with Gasteiger partial charge in [-0.15, -0.1) is 5.06 Å². The monoisotopic (exact) mass is 235 g/mol. The topological polar surface area (TPSA) is 30.9 Å². The molecule has 0 saturated carbocycles. The van der Waals surface area contributed by atoms with Gasteiger partial charge in [0.05, 0.1) is 7.11 Å². The van der Waals surface area contributed by atoms with Crippen molar-refractivity contribution in [2.24, 2.45) is 0 Å². The predicted molar refractivity (Wildman–Crippen MR) is 64.5 cm³/mol. The van der Waals surface area contributed by atoms with Gasteiger partial charge in [-0.1, -0.05) is 13.8 Å². The van der Waals surface area contributed by atoms with Gasteiger partial charge < -0.3 is 9.47 Å². The fourth-order valence-corrected chi connectivity index (χ4v) is 2.32. The minimum Gasteiger partial charge on any atom is -0.339 e. The molecular weight excluding hydrogens is 210 g/mol. The van der Waals surface area contributed by atoms with Crippen molar-refractivity contribution in [2.75, 3.05) is 21.3 Å². The van der Waals surface area contributed by atoms with Crippen LogP contribution in [0.3, 0.4) is 0 Å². The Morgan fingerprint density at radius 1 is 1.20 bits per heavy atom. The zero-order chi connectivity index (χ0) is 11.9. The van der Waals surface area contributed by atoms with Gasteiger partial charge in [0.1, 0.15) is 0 Å². The van der Waals surface area contributed by atoms with E-state index in [-0.39, 0.29) is 0 Å². The van der Waals surface area contributed by atoms with E-state index in [1.54, 1.807) is 21.3 Å². The zero-order valence-electron chi connectivity index (χ0n) is 10.9. The summed E-state index contributed by atoms with van der Waals surface area (Å²) in [4.78, 5) is 5.42. The number of rotatable bonds is 8. The molecule has 0 heterocycles. The first-order valence-corrected chi connectivity index (χ1v) is 6.71. The van der Waals surface area contributed by atoms with Gasteiger partial charge in [-0.25, -0.2) is 0 Å². The fraction of sp³-hybridized carbons (Fsp3) is 1.00. The van der Waals surface area contributed by atoms with Gasteiger partial charge in [-0.3, -0.25) is 4.84 Å². The van der Waals surface area contributed by atoms with Crippen molar-refractivity contribution in [1.29, 1.82) is 0 Å². The Morgan fingerprint density at radius 3 is 2.00 bits per heavy atom. The van der Waals surface area contributed by atoms with Crippen molar-refractivity contribution in [3.63, 3.8) is 0 Å². The highest BCUT2D eigenvalue weighted by Gasteiger charge is 2.39. The van der Waals surface area contributed by atoms with Crippen LogP contribution >= 0.6 is 0 Å². The first-order valence-electron chi connectivity index (χ1n) is 5.55. The van der Waals surface area contributed by atoms with Gasteiger partial charge >= 0.3 is 0 Å². The van der Waals surface area contributed by atoms with Gasteiger partial charge in [0.15, 0.2) is 0 Å². The van der Waals surface area contributed by atoms with E-state index in [4.69, 9.17) is 14.3 Å². The van der Waals surface area contributed by atoms with E-state index in [9.17, 15) is 0 Å². The summed E-state index contributed by atoms with van der Waals surface area (Å²) in [6, 6.07) is 0. The third kappa shape index (κ3) is 3.53. The SMILES string of the molecule is CCCC(OC)(OC)N(OC)C([SiH3])CC. The number of ether oxygens (including phenoxy) is 2. The Balaban J connectivity index is 4.81. The van der Waals surface area contributed by atoms with Crippen LogP contribution in [0.2, 0.25) is 0 Å². The highest BCUT2D eigenvalue weighted by molar-refractivity contribution is 6.11. The molecule has 5 heteroatoms. The Labute approximate surface area is 96.2 Å². The lowest BCUT2D eigenvalue weighted by Gasteiger charge is -2.42. The van der Waals surface area contributed by atoms with Crippen LogP contribution in [0.1, 0.15) is 33.1 Å². The van der Waals surface area contributed by atoms with Crippen molar-refractivity contribution in [3.05, 3.63) is 0 Å². The molecule has 0 saturated heterocycles. The molecule has 0 aliphatic heterocycles. The molecule has 0 aromatic carbocycles. The Kier molecular flexibility index (Phi) is 7.38. The second-order valence-corrected chi connectivity index (χ2v) is 4.97. The first kappa shape index (κ1) is 15.1. The van der Waals surface area contributed by atoms with E-state index >= 15 is 0 Å². The summed E-state index contributed by atoms with van der Waals surface area (Å²) in [5, 5.41) is 1.85. The standard InChI is InChI=1S/C10H25NO3Si/c1-6-8-10(12-3,13-4)11(14-5)9(15)7-2/h9H,6-8H2,1-5,15H3. The molecule has 0 aromatic rings. The van der Waals surface area contributed by atoms with Crippen molar-refractivity contribution in [2.45, 2.75) is 44.7 Å². The predicted octanol–water partition coefficient (Wildman–Crippen LogP) is 0.698. The van der Waals surface area contributed by atoms with Gasteiger partial charge in [-0.05, 0) is 12.8 Å². The molecule has 1 unspecified atom stereocenters. The third-order valence-corrected chi connectivity index (χ3v) is 4.01. The van der Waals surface area contributed by atoms with Crippen LogP contribution in [-0.2, 0) is 14.3 Å². The average Bonchev–Trinajstić information content (AvgIpc) is 2.28. The summed E-state index contributed by atoms with van der Waals surface area (Å²) >= 11 is 0. The molecule has 0 aliphatic carbocycles. The summed E-state index contributed by atoms with van der Waals surface area (Å²) in [5.74, 6) is -0.730. The van der Waals surface area contributed by atoms with Crippen LogP contribution < -0.4 is 0 Å². The minimum atomic E-state index is -0.730. The van der Waals surface area contributed by atoms with Crippen molar-refractivity contribution in [3.8, 4) is 0 Å². The molecule has 0 radical (unpaired) electrons. The van der Waals surface area contributed by atoms with Gasteiger partial charge in [-0.2, -0.15) is 0 Å². The molecule has 0 N–H and O–H groups in total. The maximum atomic E-state index is 5.50. The highest BCUT2D eigenvalue weighted by Crippen LogP contribution is 2.26. The zero-order valence-corrected chi connectivity index (χ0v) is 12.9. The molecule has 0 spiro atoms. The summed E-state index contributed by atoms with van der Waals surface area (Å²) in [6.45, 7) is 4.25. The lowest BCUT2D eigenvalue weighted by molar-refractivity contribution is -0.396. The molecular formula is C10H25NO3Si. The number of hydrogen-bond acceptors (Lipinski definition) is 4. The smallest absolute Gasteiger partial charge is 0.251 e. The van der Waals surface area contributed by atoms with Gasteiger partial charge in [0.2, 0.25) is 0 Å². The summed E-state index contributed by atoms with van der Waals surface area (Å²) in [6.07, 6.45) is 2.82. The lowest BCUT2D eigenvalue weighted by atomic mass is 10.2. The Hall–Kier alpha value is 0.0569. The number of hydrogen-bond donors (Lipinski definition) is 0. The molecule has 0 fully saturated rings. The molecule has 0 aliphatic rings. The minimum absolute atomic E-state index is 0.390. The summed E-state index contributed by atoms with van der Waals surface area (Å²) < 4.78 is 11.0. The maximum absolute atomic E-state index is 5.50. The van der Waals surface area contributed by atoms with E-state index in [0.717, 1.165) is 29.5 Å². The Bertz CT molecular complexity index is 165. The first-order chi connectivity index (χ1) is 7.11. The molecule has 0 rings (SSSR count). The fourth-order valence-electron chi connectivity index (χ4n) is 1.71. The molecule has 1 atom stereocenters. The van der Waals surface area contributed by atoms with E-state index < -0.39 is 5.91 Å². The maximum Gasteiger partial charge on any atom is 0.251 e. The summed E-state index contributed by atoms with van der Waals surface area (Å²) in [7, 11) is 6.01. The van der Waals surface area contributed by atoms with Gasteiger partial charge in [0.25, 0.3) is 5.91 Å². The molecule has 15 heavy (non-hydrogen) atoms. The van der Waals surface area contributed by atoms with E-state index in [2.05, 4.69) is 13.8 Å². The quantitative estimate of drug-likeness (QED) is 0.352. The number of methoxy groups -OCH3 is 2. The van der Waals surface area contributed by atoms with Crippen LogP contribution in [0.5, 0.6) is 0 Å². The molecule has 0 bridgehead atoms. The second-order valence-electron chi connectivity index (χ2n) is 3.64. The molecule has 4 nitrogen and oxygen atoms in total. The van der Waals surface area contributed by atoms with E-state index in [0.29, 0.717) is 5.67 Å². The van der Waals surface area contributed by atoms with Crippen LogP contribution in [0.25, 0.3) is 0 Å². The van der Waals surface area contributed by atoms with Crippen LogP contribution in [0, 0.1) is 0 Å². The van der Waals surface area contributed by atoms with Crippen LogP contribution in [-0.4, -0.2) is 48.2 Å². The average molecular weight is 235 g/mol. The number of hydroxylamine groups is 2. The van der Waals surface area contributed by atoms with E-state index in [1.165, 1.54) is 0 Å². The van der Waals surface area contributed by atoms with E-state index in [1.807, 2.05) is 5.06 Å². The van der Waals surface area contributed by atoms with Crippen molar-refractivity contribution < 1.29 is 14.3 Å². The van der Waals surface area contributed by atoms with Crippen LogP contribution in [0.4, 0.5) is 0 Å². The molecule has 0 aromatic heterocycles. The highest BCUT2D eigenvalue weighted by atomic mass is 28.1. The lowest BCUT2D eigenvalue weighted by Crippen LogP contribution is -2.55. The second kappa shape index (κ2) is 7.35. The molecule has 0 amide bonds. The largest absolute Gasteiger partial charge is 0.339 e. The normalized spacial score (nSPS) is 14.8. The van der Waals surface area contributed by atoms with Crippen molar-refractivity contribution >= 4 is 10.2 Å².